The number of hydrogen-bond acceptors (Lipinski definition) is 3. The van der Waals surface area contributed by atoms with E-state index in [1.54, 1.807) is 29.0 Å². The maximum atomic E-state index is 11.1. The van der Waals surface area contributed by atoms with E-state index in [4.69, 9.17) is 28.2 Å². The number of aliphatic imine (C=N–C) groups is 1. The third-order valence-corrected chi connectivity index (χ3v) is 5.51. The maximum Gasteiger partial charge on any atom is 0.224 e. The maximum absolute atomic E-state index is 11.1. The molecule has 0 atom stereocenters. The fraction of sp³-hybridized carbons (Fsp3) is 0. The van der Waals surface area contributed by atoms with Gasteiger partial charge in [-0.25, -0.2) is 4.98 Å². The normalized spacial score (nSPS) is 13.7. The highest BCUT2D eigenvalue weighted by Crippen LogP contribution is 2.38. The fourth-order valence-corrected chi connectivity index (χ4v) is 3.83. The highest BCUT2D eigenvalue weighted by molar-refractivity contribution is 6.33. The molecule has 0 unspecified atom stereocenters. The van der Waals surface area contributed by atoms with E-state index in [1.807, 2.05) is 60.7 Å². The Morgan fingerprint density at radius 3 is 2.30 bits per heavy atom. The standard InChI is InChI=1S/C24H15Cl2N3O/c25-16-9-11-17(12-10-16)29-23(19-6-1-3-7-20(19)26)28-22(24(29)30)13-15-14-27-21-8-4-2-5-18(15)21/h1-14,30H/b15-13+. The van der Waals surface area contributed by atoms with Crippen molar-refractivity contribution in [3.63, 3.8) is 0 Å². The summed E-state index contributed by atoms with van der Waals surface area (Å²) in [5.74, 6) is 0.549. The highest BCUT2D eigenvalue weighted by atomic mass is 35.5. The van der Waals surface area contributed by atoms with E-state index in [2.05, 4.69) is 4.99 Å². The largest absolute Gasteiger partial charge is 0.493 e. The first-order valence-corrected chi connectivity index (χ1v) is 10.0. The van der Waals surface area contributed by atoms with Crippen molar-refractivity contribution in [2.45, 2.75) is 0 Å². The second-order valence-corrected chi connectivity index (χ2v) is 7.65. The predicted molar refractivity (Wildman–Crippen MR) is 123 cm³/mol. The molecule has 30 heavy (non-hydrogen) atoms. The van der Waals surface area contributed by atoms with E-state index < -0.39 is 0 Å². The van der Waals surface area contributed by atoms with E-state index >= 15 is 0 Å². The number of halogens is 2. The minimum absolute atomic E-state index is 0.0116. The molecule has 1 aliphatic rings. The molecule has 3 aromatic carbocycles. The molecule has 6 heteroatoms. The number of imidazole rings is 1. The Morgan fingerprint density at radius 1 is 0.833 bits per heavy atom. The van der Waals surface area contributed by atoms with Crippen molar-refractivity contribution in [1.82, 2.24) is 9.55 Å². The van der Waals surface area contributed by atoms with E-state index in [0.717, 1.165) is 28.1 Å². The fourth-order valence-electron chi connectivity index (χ4n) is 3.49. The van der Waals surface area contributed by atoms with Crippen LogP contribution in [0.5, 0.6) is 5.88 Å². The average Bonchev–Trinajstić information content (AvgIpc) is 3.31. The molecule has 5 rings (SSSR count). The van der Waals surface area contributed by atoms with Crippen LogP contribution in [-0.4, -0.2) is 20.9 Å². The van der Waals surface area contributed by atoms with Crippen LogP contribution in [0.25, 0.3) is 28.7 Å². The van der Waals surface area contributed by atoms with Crippen LogP contribution >= 0.6 is 23.2 Å². The molecule has 0 saturated heterocycles. The van der Waals surface area contributed by atoms with Gasteiger partial charge >= 0.3 is 0 Å². The molecule has 4 nitrogen and oxygen atoms in total. The van der Waals surface area contributed by atoms with E-state index in [-0.39, 0.29) is 5.88 Å². The smallest absolute Gasteiger partial charge is 0.224 e. The number of benzene rings is 3. The van der Waals surface area contributed by atoms with Crippen LogP contribution < -0.4 is 0 Å². The van der Waals surface area contributed by atoms with Gasteiger partial charge in [0.1, 0.15) is 11.5 Å². The zero-order valence-electron chi connectivity index (χ0n) is 15.6. The highest BCUT2D eigenvalue weighted by Gasteiger charge is 2.21. The van der Waals surface area contributed by atoms with Crippen molar-refractivity contribution < 1.29 is 5.11 Å². The second kappa shape index (κ2) is 7.48. The molecule has 2 heterocycles. The van der Waals surface area contributed by atoms with Crippen LogP contribution in [0.3, 0.4) is 0 Å². The zero-order valence-corrected chi connectivity index (χ0v) is 17.1. The summed E-state index contributed by atoms with van der Waals surface area (Å²) in [6, 6.07) is 22.5. The molecule has 0 fully saturated rings. The summed E-state index contributed by atoms with van der Waals surface area (Å²) in [6.07, 6.45) is 3.61. The molecular weight excluding hydrogens is 417 g/mol. The topological polar surface area (TPSA) is 50.4 Å². The van der Waals surface area contributed by atoms with Gasteiger partial charge in [-0.15, -0.1) is 0 Å². The van der Waals surface area contributed by atoms with Gasteiger partial charge in [0.05, 0.1) is 16.4 Å². The van der Waals surface area contributed by atoms with Crippen LogP contribution in [0.2, 0.25) is 10.0 Å². The van der Waals surface area contributed by atoms with Gasteiger partial charge in [-0.1, -0.05) is 53.5 Å². The average molecular weight is 432 g/mol. The van der Waals surface area contributed by atoms with Crippen LogP contribution in [-0.2, 0) is 0 Å². The van der Waals surface area contributed by atoms with Crippen LogP contribution in [0.15, 0.2) is 77.8 Å². The monoisotopic (exact) mass is 431 g/mol. The number of rotatable bonds is 3. The lowest BCUT2D eigenvalue weighted by molar-refractivity contribution is 0.442. The Hall–Kier alpha value is -3.34. The molecule has 1 aromatic heterocycles. The Morgan fingerprint density at radius 2 is 1.53 bits per heavy atom. The SMILES string of the molecule is Oc1c(/C=C2\C=Nc3ccccc32)nc(-c2ccccc2Cl)n1-c1ccc(Cl)cc1. The van der Waals surface area contributed by atoms with Crippen LogP contribution in [0.4, 0.5) is 5.69 Å². The third-order valence-electron chi connectivity index (χ3n) is 4.93. The summed E-state index contributed by atoms with van der Waals surface area (Å²) in [7, 11) is 0. The van der Waals surface area contributed by atoms with E-state index in [0.29, 0.717) is 21.6 Å². The molecule has 0 aliphatic carbocycles. The lowest BCUT2D eigenvalue weighted by Crippen LogP contribution is -1.97. The summed E-state index contributed by atoms with van der Waals surface area (Å²) >= 11 is 12.5. The number of aromatic nitrogens is 2. The molecule has 1 N–H and O–H groups in total. The molecule has 0 saturated carbocycles. The molecule has 0 radical (unpaired) electrons. The third kappa shape index (κ3) is 3.20. The second-order valence-electron chi connectivity index (χ2n) is 6.81. The van der Waals surface area contributed by atoms with Gasteiger partial charge in [-0.2, -0.15) is 0 Å². The molecule has 0 spiro atoms. The van der Waals surface area contributed by atoms with Gasteiger partial charge in [-0.05, 0) is 48.5 Å². The first-order valence-electron chi connectivity index (χ1n) is 9.29. The minimum atomic E-state index is 0.0116. The zero-order chi connectivity index (χ0) is 20.7. The number of nitrogens with zero attached hydrogens (tertiary/aromatic N) is 3. The van der Waals surface area contributed by atoms with Gasteiger partial charge in [0, 0.05) is 27.9 Å². The quantitative estimate of drug-likeness (QED) is 0.387. The van der Waals surface area contributed by atoms with Crippen molar-refractivity contribution >= 4 is 46.8 Å². The number of hydrogen-bond donors (Lipinski definition) is 1. The van der Waals surface area contributed by atoms with Gasteiger partial charge in [0.2, 0.25) is 5.88 Å². The summed E-state index contributed by atoms with van der Waals surface area (Å²) in [4.78, 5) is 9.16. The Kier molecular flexibility index (Phi) is 4.66. The van der Waals surface area contributed by atoms with Crippen molar-refractivity contribution in [1.29, 1.82) is 0 Å². The molecule has 146 valence electrons. The first-order chi connectivity index (χ1) is 14.6. The van der Waals surface area contributed by atoms with Crippen molar-refractivity contribution in [3.05, 3.63) is 94.1 Å². The van der Waals surface area contributed by atoms with Crippen molar-refractivity contribution in [3.8, 4) is 23.0 Å². The first kappa shape index (κ1) is 18.7. The molecule has 0 bridgehead atoms. The predicted octanol–water partition coefficient (Wildman–Crippen LogP) is 6.81. The summed E-state index contributed by atoms with van der Waals surface area (Å²) in [6.45, 7) is 0. The number of para-hydroxylation sites is 1. The Balaban J connectivity index is 1.72. The molecule has 0 amide bonds. The summed E-state index contributed by atoms with van der Waals surface area (Å²) in [5.41, 5.74) is 4.65. The minimum Gasteiger partial charge on any atom is -0.493 e. The molecular formula is C24H15Cl2N3O. The van der Waals surface area contributed by atoms with Gasteiger partial charge in [0.25, 0.3) is 0 Å². The van der Waals surface area contributed by atoms with Gasteiger partial charge in [-0.3, -0.25) is 9.56 Å². The van der Waals surface area contributed by atoms with Crippen LogP contribution in [0.1, 0.15) is 11.3 Å². The van der Waals surface area contributed by atoms with E-state index in [1.165, 1.54) is 0 Å². The number of fused-ring (bicyclic) bond motifs is 1. The molecule has 1 aliphatic heterocycles. The summed E-state index contributed by atoms with van der Waals surface area (Å²) < 4.78 is 1.67. The van der Waals surface area contributed by atoms with Gasteiger partial charge in [0.15, 0.2) is 0 Å². The molecule has 4 aromatic rings. The van der Waals surface area contributed by atoms with Crippen molar-refractivity contribution in [2.75, 3.05) is 0 Å². The lowest BCUT2D eigenvalue weighted by atomic mass is 10.1. The van der Waals surface area contributed by atoms with Crippen LogP contribution in [0, 0.1) is 0 Å². The van der Waals surface area contributed by atoms with E-state index in [9.17, 15) is 5.11 Å². The van der Waals surface area contributed by atoms with Crippen molar-refractivity contribution in [2.24, 2.45) is 4.99 Å². The lowest BCUT2D eigenvalue weighted by Gasteiger charge is -2.10. The number of allylic oxidation sites excluding steroid dienone is 1. The van der Waals surface area contributed by atoms with Gasteiger partial charge < -0.3 is 5.11 Å². The Bertz CT molecular complexity index is 1320. The number of aromatic hydroxyl groups is 1. The Labute approximate surface area is 183 Å². The summed E-state index contributed by atoms with van der Waals surface area (Å²) in [5, 5.41) is 12.3.